The number of aromatic nitrogens is 2. The van der Waals surface area contributed by atoms with Crippen molar-refractivity contribution in [3.63, 3.8) is 0 Å². The number of anilines is 1. The molecule has 0 saturated carbocycles. The number of aryl methyl sites for hydroxylation is 1. The Balaban J connectivity index is 1.71. The number of hydrogen-bond acceptors (Lipinski definition) is 6. The van der Waals surface area contributed by atoms with Gasteiger partial charge in [0.05, 0.1) is 18.4 Å². The predicted octanol–water partition coefficient (Wildman–Crippen LogP) is 1.56. The second-order valence-electron chi connectivity index (χ2n) is 6.64. The van der Waals surface area contributed by atoms with Crippen LogP contribution in [0, 0.1) is 0 Å². The van der Waals surface area contributed by atoms with E-state index in [1.54, 1.807) is 6.92 Å². The molecule has 2 N–H and O–H groups in total. The van der Waals surface area contributed by atoms with Crippen LogP contribution >= 0.6 is 0 Å². The van der Waals surface area contributed by atoms with Gasteiger partial charge in [0.2, 0.25) is 5.91 Å². The van der Waals surface area contributed by atoms with Gasteiger partial charge in [-0.2, -0.15) is 0 Å². The Kier molecular flexibility index (Phi) is 7.10. The summed E-state index contributed by atoms with van der Waals surface area (Å²) in [5.41, 5.74) is 0.990. The maximum absolute atomic E-state index is 12.8. The summed E-state index contributed by atoms with van der Waals surface area (Å²) in [5.74, 6) is -1.42. The first kappa shape index (κ1) is 21.7. The highest BCUT2D eigenvalue weighted by Gasteiger charge is 2.13. The van der Waals surface area contributed by atoms with E-state index in [-0.39, 0.29) is 36.7 Å². The number of rotatable bonds is 8. The molecule has 3 aromatic rings. The first-order valence-corrected chi connectivity index (χ1v) is 9.77. The molecule has 0 radical (unpaired) electrons. The number of esters is 1. The van der Waals surface area contributed by atoms with Gasteiger partial charge in [0.1, 0.15) is 17.9 Å². The molecule has 0 aliphatic carbocycles. The van der Waals surface area contributed by atoms with Gasteiger partial charge < -0.3 is 15.4 Å². The monoisotopic (exact) mass is 422 g/mol. The summed E-state index contributed by atoms with van der Waals surface area (Å²) in [4.78, 5) is 52.8. The minimum absolute atomic E-state index is 0.0136. The van der Waals surface area contributed by atoms with Crippen LogP contribution in [0.5, 0.6) is 0 Å². The lowest BCUT2D eigenvalue weighted by molar-refractivity contribution is -0.141. The summed E-state index contributed by atoms with van der Waals surface area (Å²) in [5, 5.41) is 5.01. The number of pyridine rings is 1. The van der Waals surface area contributed by atoms with Gasteiger partial charge >= 0.3 is 5.97 Å². The summed E-state index contributed by atoms with van der Waals surface area (Å²) in [6.07, 6.45) is 3.35. The highest BCUT2D eigenvalue weighted by Crippen LogP contribution is 2.07. The molecule has 160 valence electrons. The first-order chi connectivity index (χ1) is 15.0. The molecular formula is C22H22N4O5. The Morgan fingerprint density at radius 2 is 1.87 bits per heavy atom. The van der Waals surface area contributed by atoms with Gasteiger partial charge in [-0.25, -0.2) is 4.98 Å². The van der Waals surface area contributed by atoms with Crippen LogP contribution < -0.4 is 16.2 Å². The third-order valence-corrected chi connectivity index (χ3v) is 4.42. The normalized spacial score (nSPS) is 10.5. The van der Waals surface area contributed by atoms with Crippen LogP contribution in [0.25, 0.3) is 5.65 Å². The summed E-state index contributed by atoms with van der Waals surface area (Å²) in [7, 11) is 0. The third-order valence-electron chi connectivity index (χ3n) is 4.42. The molecule has 0 bridgehead atoms. The number of benzene rings is 1. The smallest absolute Gasteiger partial charge is 0.325 e. The van der Waals surface area contributed by atoms with E-state index in [1.807, 2.05) is 30.3 Å². The van der Waals surface area contributed by atoms with Crippen LogP contribution in [0.4, 0.5) is 5.69 Å². The van der Waals surface area contributed by atoms with Crippen molar-refractivity contribution >= 4 is 29.1 Å². The second-order valence-corrected chi connectivity index (χ2v) is 6.64. The van der Waals surface area contributed by atoms with Gasteiger partial charge in [-0.1, -0.05) is 30.3 Å². The fourth-order valence-corrected chi connectivity index (χ4v) is 2.88. The lowest BCUT2D eigenvalue weighted by atomic mass is 10.1. The van der Waals surface area contributed by atoms with Gasteiger partial charge in [0, 0.05) is 12.6 Å². The molecule has 0 fully saturated rings. The van der Waals surface area contributed by atoms with Gasteiger partial charge in [-0.15, -0.1) is 0 Å². The van der Waals surface area contributed by atoms with Gasteiger partial charge in [-0.05, 0) is 31.0 Å². The van der Waals surface area contributed by atoms with E-state index in [9.17, 15) is 19.2 Å². The van der Waals surface area contributed by atoms with Crippen LogP contribution in [-0.2, 0) is 20.7 Å². The maximum atomic E-state index is 12.8. The Hall–Kier alpha value is -4.01. The van der Waals surface area contributed by atoms with Crippen LogP contribution in [0.3, 0.4) is 0 Å². The van der Waals surface area contributed by atoms with E-state index in [0.717, 1.165) is 5.56 Å². The van der Waals surface area contributed by atoms with E-state index in [1.165, 1.54) is 28.9 Å². The summed E-state index contributed by atoms with van der Waals surface area (Å²) < 4.78 is 5.93. The summed E-state index contributed by atoms with van der Waals surface area (Å²) in [6.45, 7) is 1.60. The molecule has 31 heavy (non-hydrogen) atoms. The zero-order valence-corrected chi connectivity index (χ0v) is 17.0. The third kappa shape index (κ3) is 5.75. The molecule has 0 aliphatic rings. The lowest BCUT2D eigenvalue weighted by Crippen LogP contribution is -2.31. The highest BCUT2D eigenvalue weighted by atomic mass is 16.5. The van der Waals surface area contributed by atoms with E-state index >= 15 is 0 Å². The van der Waals surface area contributed by atoms with Crippen molar-refractivity contribution in [1.82, 2.24) is 14.7 Å². The Morgan fingerprint density at radius 1 is 1.10 bits per heavy atom. The Bertz CT molecular complexity index is 1160. The standard InChI is InChI=1S/C22H22N4O5/c1-2-31-20(28)13-24-21(29)16-9-10-18-23-12-17(22(30)26(18)14-16)25-19(27)11-8-15-6-4-3-5-7-15/h3-7,9-10,12,14H,2,8,11,13H2,1H3,(H,24,29)(H,25,27). The van der Waals surface area contributed by atoms with Crippen molar-refractivity contribution in [2.24, 2.45) is 0 Å². The molecule has 0 spiro atoms. The topological polar surface area (TPSA) is 119 Å². The van der Waals surface area contributed by atoms with Crippen molar-refractivity contribution in [2.75, 3.05) is 18.5 Å². The number of fused-ring (bicyclic) bond motifs is 1. The van der Waals surface area contributed by atoms with Crippen molar-refractivity contribution in [1.29, 1.82) is 0 Å². The van der Waals surface area contributed by atoms with Gasteiger partial charge in [0.25, 0.3) is 11.5 Å². The predicted molar refractivity (Wildman–Crippen MR) is 114 cm³/mol. The fourth-order valence-electron chi connectivity index (χ4n) is 2.88. The van der Waals surface area contributed by atoms with Crippen molar-refractivity contribution in [3.8, 4) is 0 Å². The molecule has 9 nitrogen and oxygen atoms in total. The van der Waals surface area contributed by atoms with Crippen LogP contribution in [-0.4, -0.2) is 40.3 Å². The van der Waals surface area contributed by atoms with Crippen molar-refractivity contribution in [2.45, 2.75) is 19.8 Å². The molecule has 2 amide bonds. The van der Waals surface area contributed by atoms with Crippen molar-refractivity contribution < 1.29 is 19.1 Å². The number of nitrogens with zero attached hydrogens (tertiary/aromatic N) is 2. The number of amides is 2. The SMILES string of the molecule is CCOC(=O)CNC(=O)c1ccc2ncc(NC(=O)CCc3ccccc3)c(=O)n2c1. The highest BCUT2D eigenvalue weighted by molar-refractivity contribution is 5.96. The fraction of sp³-hybridized carbons (Fsp3) is 0.227. The average Bonchev–Trinajstić information content (AvgIpc) is 2.78. The zero-order valence-electron chi connectivity index (χ0n) is 17.0. The average molecular weight is 422 g/mol. The van der Waals surface area contributed by atoms with Crippen LogP contribution in [0.15, 0.2) is 59.7 Å². The number of carbonyl (C=O) groups excluding carboxylic acids is 3. The quantitative estimate of drug-likeness (QED) is 0.532. The minimum Gasteiger partial charge on any atom is -0.465 e. The molecule has 0 unspecified atom stereocenters. The molecule has 0 saturated heterocycles. The largest absolute Gasteiger partial charge is 0.465 e. The van der Waals surface area contributed by atoms with Gasteiger partial charge in [-0.3, -0.25) is 23.6 Å². The van der Waals surface area contributed by atoms with E-state index < -0.39 is 17.4 Å². The molecule has 0 atom stereocenters. The molecule has 0 aliphatic heterocycles. The van der Waals surface area contributed by atoms with Crippen LogP contribution in [0.2, 0.25) is 0 Å². The number of nitrogens with one attached hydrogen (secondary N) is 2. The minimum atomic E-state index is -0.559. The second kappa shape index (κ2) is 10.1. The molecule has 2 heterocycles. The molecule has 2 aromatic heterocycles. The van der Waals surface area contributed by atoms with E-state index in [4.69, 9.17) is 4.74 Å². The Morgan fingerprint density at radius 3 is 2.61 bits per heavy atom. The van der Waals surface area contributed by atoms with E-state index in [0.29, 0.717) is 12.1 Å². The number of carbonyl (C=O) groups is 3. The molecule has 9 heteroatoms. The molecule has 3 rings (SSSR count). The molecular weight excluding hydrogens is 400 g/mol. The maximum Gasteiger partial charge on any atom is 0.325 e. The number of hydrogen-bond donors (Lipinski definition) is 2. The summed E-state index contributed by atoms with van der Waals surface area (Å²) >= 11 is 0. The summed E-state index contributed by atoms with van der Waals surface area (Å²) in [6, 6.07) is 12.5. The van der Waals surface area contributed by atoms with Crippen LogP contribution in [0.1, 0.15) is 29.3 Å². The lowest BCUT2D eigenvalue weighted by Gasteiger charge is -2.09. The molecule has 1 aromatic carbocycles. The van der Waals surface area contributed by atoms with Crippen molar-refractivity contribution in [3.05, 3.63) is 76.3 Å². The van der Waals surface area contributed by atoms with Gasteiger partial charge in [0.15, 0.2) is 0 Å². The zero-order chi connectivity index (χ0) is 22.2. The number of ether oxygens (including phenoxy) is 1. The van der Waals surface area contributed by atoms with E-state index in [2.05, 4.69) is 15.6 Å². The Labute approximate surface area is 178 Å². The first-order valence-electron chi connectivity index (χ1n) is 9.77.